The number of nitrogen functional groups attached to an aromatic ring is 1. The maximum absolute atomic E-state index is 5.54. The fraction of sp³-hybridized carbons (Fsp3) is 0.333. The second-order valence-electron chi connectivity index (χ2n) is 2.74. The monoisotopic (exact) mass is 197 g/mol. The van der Waals surface area contributed by atoms with E-state index in [2.05, 4.69) is 0 Å². The van der Waals surface area contributed by atoms with Crippen molar-refractivity contribution in [2.24, 2.45) is 0 Å². The molecule has 1 aromatic carbocycles. The quantitative estimate of drug-likeness (QED) is 0.700. The van der Waals surface area contributed by atoms with Gasteiger partial charge < -0.3 is 15.2 Å². The van der Waals surface area contributed by atoms with Crippen LogP contribution in [-0.2, 0) is 9.47 Å². The van der Waals surface area contributed by atoms with Crippen molar-refractivity contribution in [3.63, 3.8) is 0 Å². The number of ether oxygens (including phenoxy) is 2. The molecule has 0 atom stereocenters. The molecule has 0 saturated carbocycles. The van der Waals surface area contributed by atoms with Gasteiger partial charge in [-0.1, -0.05) is 12.1 Å². The van der Waals surface area contributed by atoms with Crippen molar-refractivity contribution in [3.05, 3.63) is 29.8 Å². The maximum Gasteiger partial charge on any atom is 0.184 e. The van der Waals surface area contributed by atoms with E-state index >= 15 is 0 Å². The number of benzene rings is 1. The van der Waals surface area contributed by atoms with E-state index in [-0.39, 0.29) is 19.8 Å². The second-order valence-corrected chi connectivity index (χ2v) is 2.74. The van der Waals surface area contributed by atoms with Crippen molar-refractivity contribution >= 4 is 19.2 Å². The summed E-state index contributed by atoms with van der Waals surface area (Å²) in [6.45, 7) is 1.35. The molecule has 2 rings (SSSR count). The van der Waals surface area contributed by atoms with Crippen LogP contribution in [0.1, 0.15) is 11.9 Å². The summed E-state index contributed by atoms with van der Waals surface area (Å²) in [7, 11) is 0. The zero-order valence-electron chi connectivity index (χ0n) is 7.10. The van der Waals surface area contributed by atoms with Crippen molar-refractivity contribution in [1.82, 2.24) is 0 Å². The average Bonchev–Trinajstić information content (AvgIpc) is 2.58. The lowest BCUT2D eigenvalue weighted by molar-refractivity contribution is -0.0441. The molecule has 1 saturated heterocycles. The minimum Gasteiger partial charge on any atom is -0.399 e. The van der Waals surface area contributed by atoms with E-state index in [0.717, 1.165) is 11.3 Å². The van der Waals surface area contributed by atoms with Crippen LogP contribution >= 0.6 is 13.5 Å². The van der Waals surface area contributed by atoms with Crippen molar-refractivity contribution in [2.45, 2.75) is 6.29 Å². The van der Waals surface area contributed by atoms with E-state index in [1.165, 1.54) is 0 Å². The van der Waals surface area contributed by atoms with Crippen molar-refractivity contribution in [2.75, 3.05) is 18.9 Å². The highest BCUT2D eigenvalue weighted by molar-refractivity contribution is 7.59. The highest BCUT2D eigenvalue weighted by Crippen LogP contribution is 2.23. The molecule has 0 spiro atoms. The molecule has 1 aliphatic heterocycles. The van der Waals surface area contributed by atoms with Crippen LogP contribution in [0.5, 0.6) is 0 Å². The molecule has 0 amide bonds. The van der Waals surface area contributed by atoms with Crippen molar-refractivity contribution in [1.29, 1.82) is 0 Å². The topological polar surface area (TPSA) is 44.5 Å². The largest absolute Gasteiger partial charge is 0.399 e. The molecule has 0 aliphatic carbocycles. The zero-order valence-corrected chi connectivity index (χ0v) is 7.92. The first-order valence-corrected chi connectivity index (χ1v) is 3.95. The third-order valence-electron chi connectivity index (χ3n) is 1.83. The molecule has 0 bridgehead atoms. The van der Waals surface area contributed by atoms with Crippen LogP contribution in [0.2, 0.25) is 0 Å². The lowest BCUT2D eigenvalue weighted by Crippen LogP contribution is -1.97. The Balaban J connectivity index is 0.000000845. The van der Waals surface area contributed by atoms with Gasteiger partial charge in [0.15, 0.2) is 6.29 Å². The summed E-state index contributed by atoms with van der Waals surface area (Å²) in [5, 5.41) is 0. The Bertz CT molecular complexity index is 257. The molecule has 13 heavy (non-hydrogen) atoms. The summed E-state index contributed by atoms with van der Waals surface area (Å²) >= 11 is 0. The van der Waals surface area contributed by atoms with E-state index < -0.39 is 0 Å². The first-order chi connectivity index (χ1) is 5.86. The van der Waals surface area contributed by atoms with Crippen LogP contribution in [0.25, 0.3) is 0 Å². The van der Waals surface area contributed by atoms with Crippen LogP contribution in [0.3, 0.4) is 0 Å². The molecule has 0 unspecified atom stereocenters. The molecule has 0 aromatic heterocycles. The third kappa shape index (κ3) is 2.37. The van der Waals surface area contributed by atoms with E-state index in [1.807, 2.05) is 24.3 Å². The van der Waals surface area contributed by atoms with Crippen LogP contribution in [0.15, 0.2) is 24.3 Å². The van der Waals surface area contributed by atoms with Gasteiger partial charge in [0.05, 0.1) is 13.2 Å². The summed E-state index contributed by atoms with van der Waals surface area (Å²) in [4.78, 5) is 0. The molecular formula is C9H11NO2S. The van der Waals surface area contributed by atoms with Crippen LogP contribution < -0.4 is 5.73 Å². The molecule has 2 radical (unpaired) electrons. The van der Waals surface area contributed by atoms with E-state index in [4.69, 9.17) is 15.2 Å². The Morgan fingerprint density at radius 1 is 1.08 bits per heavy atom. The zero-order chi connectivity index (χ0) is 8.39. The minimum atomic E-state index is -0.189. The number of hydrogen-bond donors (Lipinski definition) is 1. The Kier molecular flexibility index (Phi) is 3.59. The van der Waals surface area contributed by atoms with Gasteiger partial charge in [-0.25, -0.2) is 0 Å². The summed E-state index contributed by atoms with van der Waals surface area (Å²) in [6, 6.07) is 7.54. The maximum atomic E-state index is 5.54. The van der Waals surface area contributed by atoms with Gasteiger partial charge in [0, 0.05) is 24.7 Å². The van der Waals surface area contributed by atoms with Gasteiger partial charge >= 0.3 is 0 Å². The first-order valence-electron chi connectivity index (χ1n) is 3.95. The lowest BCUT2D eigenvalue weighted by atomic mass is 10.2. The predicted octanol–water partition coefficient (Wildman–Crippen LogP) is 1.96. The second kappa shape index (κ2) is 4.50. The van der Waals surface area contributed by atoms with E-state index in [1.54, 1.807) is 0 Å². The molecule has 1 fully saturated rings. The summed E-state index contributed by atoms with van der Waals surface area (Å²) < 4.78 is 10.6. The standard InChI is InChI=1S/C9H11NO2.S/c10-8-3-1-7(2-4-8)9-11-5-6-12-9;/h1-4,9H,5-6,10H2;. The van der Waals surface area contributed by atoms with Crippen LogP contribution in [0.4, 0.5) is 5.69 Å². The molecule has 2 N–H and O–H groups in total. The van der Waals surface area contributed by atoms with Gasteiger partial charge in [-0.15, -0.1) is 0 Å². The highest BCUT2D eigenvalue weighted by atomic mass is 32.1. The number of hydrogen-bond acceptors (Lipinski definition) is 3. The van der Waals surface area contributed by atoms with Crippen LogP contribution in [-0.4, -0.2) is 13.2 Å². The van der Waals surface area contributed by atoms with Gasteiger partial charge in [-0.2, -0.15) is 0 Å². The normalized spacial score (nSPS) is 16.9. The Hall–Kier alpha value is -0.710. The molecule has 4 heteroatoms. The molecule has 1 heterocycles. The van der Waals surface area contributed by atoms with Gasteiger partial charge in [-0.05, 0) is 12.1 Å². The number of rotatable bonds is 1. The molecular weight excluding hydrogens is 186 g/mol. The first kappa shape index (κ1) is 10.4. The lowest BCUT2D eigenvalue weighted by Gasteiger charge is -2.08. The van der Waals surface area contributed by atoms with Crippen LogP contribution in [0, 0.1) is 0 Å². The summed E-state index contributed by atoms with van der Waals surface area (Å²) in [5.41, 5.74) is 7.33. The van der Waals surface area contributed by atoms with Crippen molar-refractivity contribution in [3.8, 4) is 0 Å². The van der Waals surface area contributed by atoms with Gasteiger partial charge in [0.2, 0.25) is 0 Å². The smallest absolute Gasteiger partial charge is 0.184 e. The minimum absolute atomic E-state index is 0. The van der Waals surface area contributed by atoms with Gasteiger partial charge in [0.25, 0.3) is 0 Å². The average molecular weight is 197 g/mol. The Morgan fingerprint density at radius 2 is 1.62 bits per heavy atom. The fourth-order valence-corrected chi connectivity index (χ4v) is 1.20. The highest BCUT2D eigenvalue weighted by Gasteiger charge is 2.17. The van der Waals surface area contributed by atoms with Gasteiger partial charge in [-0.3, -0.25) is 0 Å². The van der Waals surface area contributed by atoms with Gasteiger partial charge in [0.1, 0.15) is 0 Å². The fourth-order valence-electron chi connectivity index (χ4n) is 1.20. The Morgan fingerprint density at radius 3 is 2.15 bits per heavy atom. The van der Waals surface area contributed by atoms with E-state index in [9.17, 15) is 0 Å². The summed E-state index contributed by atoms with van der Waals surface area (Å²) in [6.07, 6.45) is -0.189. The third-order valence-corrected chi connectivity index (χ3v) is 1.83. The Labute approximate surface area is 84.3 Å². The SMILES string of the molecule is Nc1ccc(C2OCCO2)cc1.[S]. The molecule has 70 valence electrons. The molecule has 1 aliphatic rings. The molecule has 3 nitrogen and oxygen atoms in total. The van der Waals surface area contributed by atoms with Crippen molar-refractivity contribution < 1.29 is 9.47 Å². The number of nitrogens with two attached hydrogens (primary N) is 1. The number of anilines is 1. The van der Waals surface area contributed by atoms with E-state index in [0.29, 0.717) is 13.2 Å². The summed E-state index contributed by atoms with van der Waals surface area (Å²) in [5.74, 6) is 0. The predicted molar refractivity (Wildman–Crippen MR) is 53.1 cm³/mol. The molecule has 1 aromatic rings.